The van der Waals surface area contributed by atoms with E-state index in [-0.39, 0.29) is 30.8 Å². The molecule has 1 unspecified atom stereocenters. The molecule has 0 saturated heterocycles. The lowest BCUT2D eigenvalue weighted by Crippen LogP contribution is -2.46. The molecule has 6 rings (SSSR count). The van der Waals surface area contributed by atoms with Crippen LogP contribution in [-0.4, -0.2) is 67.2 Å². The smallest absolute Gasteiger partial charge is 0.326 e. The third-order valence-corrected chi connectivity index (χ3v) is 10.0. The molecule has 2 aromatic carbocycles. The van der Waals surface area contributed by atoms with E-state index in [1.807, 2.05) is 47.7 Å². The normalized spacial score (nSPS) is 17.6. The van der Waals surface area contributed by atoms with Gasteiger partial charge in [0.05, 0.1) is 24.1 Å². The summed E-state index contributed by atoms with van der Waals surface area (Å²) in [5.41, 5.74) is 5.27. The van der Waals surface area contributed by atoms with Crippen molar-refractivity contribution < 1.29 is 23.6 Å². The van der Waals surface area contributed by atoms with Crippen LogP contribution < -0.4 is 5.56 Å². The molecular weight excluding hydrogens is 661 g/mol. The van der Waals surface area contributed by atoms with Gasteiger partial charge in [0.2, 0.25) is 0 Å². The topological polar surface area (TPSA) is 126 Å². The van der Waals surface area contributed by atoms with Crippen molar-refractivity contribution in [3.63, 3.8) is 0 Å². The average molecular weight is 697 g/mol. The fourth-order valence-electron chi connectivity index (χ4n) is 5.84. The number of aryl methyl sites for hydroxylation is 1. The van der Waals surface area contributed by atoms with Gasteiger partial charge in [0.15, 0.2) is 0 Å². The Balaban J connectivity index is 1.39. The zero-order chi connectivity index (χ0) is 32.2. The summed E-state index contributed by atoms with van der Waals surface area (Å²) in [4.78, 5) is 53.4. The fourth-order valence-corrected chi connectivity index (χ4v) is 6.48. The highest BCUT2D eigenvalue weighted by atomic mass is 79.9. The van der Waals surface area contributed by atoms with Gasteiger partial charge < -0.3 is 14.7 Å². The molecule has 45 heavy (non-hydrogen) atoms. The van der Waals surface area contributed by atoms with Crippen LogP contribution in [0.15, 0.2) is 57.9 Å². The maximum Gasteiger partial charge on any atom is 0.326 e. The Morgan fingerprint density at radius 1 is 1.16 bits per heavy atom. The zero-order valence-electron chi connectivity index (χ0n) is 25.6. The molecular formula is C32H35BrN5O6P. The second-order valence-electron chi connectivity index (χ2n) is 12.2. The molecule has 0 bridgehead atoms. The fraction of sp³-hybridized carbons (Fsp3) is 0.375. The Labute approximate surface area is 269 Å². The number of nitrogens with zero attached hydrogens (tertiary/aromatic N) is 5. The largest absolute Gasteiger partial charge is 0.330 e. The lowest BCUT2D eigenvalue weighted by atomic mass is 9.98. The molecule has 1 saturated carbocycles. The molecule has 1 aliphatic carbocycles. The van der Waals surface area contributed by atoms with Crippen molar-refractivity contribution in [2.24, 2.45) is 5.92 Å². The first kappa shape index (κ1) is 31.4. The van der Waals surface area contributed by atoms with Crippen molar-refractivity contribution >= 4 is 41.0 Å². The Morgan fingerprint density at radius 2 is 1.84 bits per heavy atom. The molecule has 1 fully saturated rings. The van der Waals surface area contributed by atoms with Gasteiger partial charge in [-0.15, -0.1) is 0 Å². The van der Waals surface area contributed by atoms with Gasteiger partial charge in [-0.25, -0.2) is 4.52 Å². The van der Waals surface area contributed by atoms with E-state index in [0.29, 0.717) is 46.1 Å². The summed E-state index contributed by atoms with van der Waals surface area (Å²) in [5.74, 6) is 0.0606. The maximum atomic E-state index is 14.3. The highest BCUT2D eigenvalue weighted by Crippen LogP contribution is 2.37. The second kappa shape index (κ2) is 12.0. The minimum Gasteiger partial charge on any atom is -0.330 e. The van der Waals surface area contributed by atoms with Crippen LogP contribution in [0.3, 0.4) is 0 Å². The Morgan fingerprint density at radius 3 is 2.49 bits per heavy atom. The molecule has 2 amide bonds. The minimum atomic E-state index is -3.74. The standard InChI is InChI=1S/C32H35BrN5O6P/c1-19-13-23(9-12-27(19)33)31(40)36-17-28-26(14-20(36)2)32(41)37(29-24(15-21-5-6-21)16-34-38(28)29)25-10-7-22(8-11-25)30(39)35(3)18-44-45(4,42)43/h7-13,16,20-21H,5-6,14-15,17-18H2,1-4H3,(H,42,43)/t20-/m1/s1. The van der Waals surface area contributed by atoms with Gasteiger partial charge in [0.1, 0.15) is 12.4 Å². The third-order valence-electron chi connectivity index (χ3n) is 8.53. The zero-order valence-corrected chi connectivity index (χ0v) is 28.0. The highest BCUT2D eigenvalue weighted by molar-refractivity contribution is 9.10. The maximum absolute atomic E-state index is 14.3. The number of hydrogen-bond donors (Lipinski definition) is 1. The van der Waals surface area contributed by atoms with E-state index >= 15 is 0 Å². The number of hydrogen-bond acceptors (Lipinski definition) is 6. The summed E-state index contributed by atoms with van der Waals surface area (Å²) in [6.45, 7) is 4.88. The molecule has 1 aliphatic heterocycles. The first-order valence-corrected chi connectivity index (χ1v) is 17.7. The van der Waals surface area contributed by atoms with Gasteiger partial charge in [-0.05, 0) is 93.5 Å². The van der Waals surface area contributed by atoms with E-state index < -0.39 is 13.5 Å². The Kier molecular flexibility index (Phi) is 8.36. The molecule has 11 nitrogen and oxygen atoms in total. The van der Waals surface area contributed by atoms with Gasteiger partial charge in [-0.3, -0.25) is 28.0 Å². The molecule has 2 aliphatic rings. The first-order chi connectivity index (χ1) is 21.3. The minimum absolute atomic E-state index is 0.0946. The monoisotopic (exact) mass is 695 g/mol. The third kappa shape index (κ3) is 6.29. The van der Waals surface area contributed by atoms with Gasteiger partial charge in [0, 0.05) is 46.5 Å². The van der Waals surface area contributed by atoms with Crippen molar-refractivity contribution in [1.82, 2.24) is 24.0 Å². The van der Waals surface area contributed by atoms with E-state index in [1.54, 1.807) is 28.8 Å². The van der Waals surface area contributed by atoms with Crippen LogP contribution in [0.5, 0.6) is 0 Å². The molecule has 1 N–H and O–H groups in total. The van der Waals surface area contributed by atoms with Crippen molar-refractivity contribution in [1.29, 1.82) is 0 Å². The van der Waals surface area contributed by atoms with Crippen LogP contribution in [0, 0.1) is 12.8 Å². The number of halogens is 1. The van der Waals surface area contributed by atoms with E-state index in [4.69, 9.17) is 9.62 Å². The van der Waals surface area contributed by atoms with E-state index in [9.17, 15) is 23.8 Å². The Bertz CT molecular complexity index is 1930. The number of carbonyl (C=O) groups excluding carboxylic acids is 2. The number of carbonyl (C=O) groups is 2. The van der Waals surface area contributed by atoms with Gasteiger partial charge in [-0.1, -0.05) is 15.9 Å². The first-order valence-electron chi connectivity index (χ1n) is 14.8. The predicted molar refractivity (Wildman–Crippen MR) is 173 cm³/mol. The summed E-state index contributed by atoms with van der Waals surface area (Å²) in [5, 5.41) is 4.76. The van der Waals surface area contributed by atoms with Crippen molar-refractivity contribution in [3.8, 4) is 5.69 Å². The van der Waals surface area contributed by atoms with Gasteiger partial charge in [-0.2, -0.15) is 5.10 Å². The molecule has 2 atom stereocenters. The quantitative estimate of drug-likeness (QED) is 0.204. The average Bonchev–Trinajstić information content (AvgIpc) is 3.74. The van der Waals surface area contributed by atoms with Gasteiger partial charge >= 0.3 is 7.60 Å². The summed E-state index contributed by atoms with van der Waals surface area (Å²) >= 11 is 3.51. The van der Waals surface area contributed by atoms with Crippen LogP contribution in [0.4, 0.5) is 0 Å². The van der Waals surface area contributed by atoms with E-state index in [0.717, 1.165) is 41.5 Å². The number of fused-ring (bicyclic) bond motifs is 3. The summed E-state index contributed by atoms with van der Waals surface area (Å²) in [6, 6.07) is 12.0. The summed E-state index contributed by atoms with van der Waals surface area (Å²) < 4.78 is 20.8. The number of rotatable bonds is 8. The van der Waals surface area contributed by atoms with Crippen molar-refractivity contribution in [3.05, 3.63) is 97.0 Å². The molecule has 3 heterocycles. The highest BCUT2D eigenvalue weighted by Gasteiger charge is 2.34. The lowest BCUT2D eigenvalue weighted by Gasteiger charge is -2.35. The predicted octanol–water partition coefficient (Wildman–Crippen LogP) is 4.96. The Hall–Kier alpha value is -3.57. The van der Waals surface area contributed by atoms with E-state index in [2.05, 4.69) is 15.9 Å². The number of amides is 2. The van der Waals surface area contributed by atoms with Crippen LogP contribution >= 0.6 is 23.5 Å². The molecule has 0 spiro atoms. The SMILES string of the molecule is Cc1cc(C(=O)N2Cc3c(c(=O)n(-c4ccc(C(=O)N(C)COP(C)(=O)O)cc4)c4c(CC5CC5)cnn34)C[C@H]2C)ccc1Br. The van der Waals surface area contributed by atoms with Gasteiger partial charge in [0.25, 0.3) is 17.4 Å². The van der Waals surface area contributed by atoms with Crippen molar-refractivity contribution in [2.45, 2.75) is 52.1 Å². The molecule has 0 radical (unpaired) electrons. The number of aromatic nitrogens is 3. The summed E-state index contributed by atoms with van der Waals surface area (Å²) in [7, 11) is -2.26. The second-order valence-corrected chi connectivity index (χ2v) is 14.9. The lowest BCUT2D eigenvalue weighted by molar-refractivity contribution is 0.0642. The molecule has 2 aromatic heterocycles. The molecule has 236 valence electrons. The van der Waals surface area contributed by atoms with Crippen LogP contribution in [0.25, 0.3) is 11.3 Å². The molecule has 13 heteroatoms. The van der Waals surface area contributed by atoms with Crippen molar-refractivity contribution in [2.75, 3.05) is 20.4 Å². The van der Waals surface area contributed by atoms with Crippen LogP contribution in [0.1, 0.15) is 62.9 Å². The van der Waals surface area contributed by atoms with E-state index in [1.165, 1.54) is 11.9 Å². The van der Waals surface area contributed by atoms with Crippen LogP contribution in [-0.2, 0) is 28.5 Å². The number of benzene rings is 2. The molecule has 4 aromatic rings. The summed E-state index contributed by atoms with van der Waals surface area (Å²) in [6.07, 6.45) is 5.27. The van der Waals surface area contributed by atoms with Crippen LogP contribution in [0.2, 0.25) is 0 Å².